The Morgan fingerprint density at radius 1 is 1.28 bits per heavy atom. The largest absolute Gasteiger partial charge is 0.503 e. The van der Waals surface area contributed by atoms with Crippen molar-refractivity contribution in [1.82, 2.24) is 4.90 Å². The molecule has 4 aliphatic rings. The number of ether oxygens (including phenoxy) is 1. The first kappa shape index (κ1) is 19.2. The van der Waals surface area contributed by atoms with Gasteiger partial charge in [-0.2, -0.15) is 0 Å². The van der Waals surface area contributed by atoms with E-state index in [4.69, 9.17) is 4.74 Å². The number of carbonyl (C=O) groups excluding carboxylic acids is 1. The lowest BCUT2D eigenvalue weighted by Gasteiger charge is -2.58. The maximum absolute atomic E-state index is 13.1. The van der Waals surface area contributed by atoms with Crippen molar-refractivity contribution >= 4 is 11.6 Å². The number of hydrogen-bond donors (Lipinski definition) is 2. The molecule has 3 aliphatic heterocycles. The zero-order valence-electron chi connectivity index (χ0n) is 17.5. The van der Waals surface area contributed by atoms with Gasteiger partial charge in [0.05, 0.1) is 12.8 Å². The van der Waals surface area contributed by atoms with Gasteiger partial charge in [-0.25, -0.2) is 0 Å². The lowest BCUT2D eigenvalue weighted by atomic mass is 9.52. The molecular weight excluding hydrogens is 368 g/mol. The topological polar surface area (TPSA) is 73.2 Å². The lowest BCUT2D eigenvalue weighted by molar-refractivity contribution is -0.120. The predicted octanol–water partition coefficient (Wildman–Crippen LogP) is 2.79. The van der Waals surface area contributed by atoms with Crippen LogP contribution in [0.1, 0.15) is 57.4 Å². The molecule has 5 rings (SSSR count). The number of phenolic OH excluding ortho intramolecular Hbond substituents is 1. The fourth-order valence-corrected chi connectivity index (χ4v) is 7.56. The quantitative estimate of drug-likeness (QED) is 0.813. The summed E-state index contributed by atoms with van der Waals surface area (Å²) in [6.07, 6.45) is 6.51. The SMILES string of the molecule is CCC(=O)N1c2c(ccc(OC)c2O)[C@]23CCN4CCC[C@](CCO)(CC[C@@H]12)[C@@H]43. The zero-order chi connectivity index (χ0) is 20.4. The summed E-state index contributed by atoms with van der Waals surface area (Å²) in [5, 5.41) is 21.0. The average Bonchev–Trinajstić information content (AvgIpc) is 3.26. The maximum Gasteiger partial charge on any atom is 0.227 e. The number of nitrogens with zero attached hydrogens (tertiary/aromatic N) is 2. The summed E-state index contributed by atoms with van der Waals surface area (Å²) in [4.78, 5) is 17.7. The van der Waals surface area contributed by atoms with Gasteiger partial charge in [0.1, 0.15) is 0 Å². The van der Waals surface area contributed by atoms with E-state index < -0.39 is 0 Å². The molecule has 1 spiro atoms. The highest BCUT2D eigenvalue weighted by molar-refractivity contribution is 6.00. The number of fused-ring (bicyclic) bond motifs is 1. The summed E-state index contributed by atoms with van der Waals surface area (Å²) in [6.45, 7) is 4.22. The number of amides is 1. The van der Waals surface area contributed by atoms with Gasteiger partial charge in [-0.3, -0.25) is 9.69 Å². The van der Waals surface area contributed by atoms with Crippen LogP contribution in [-0.2, 0) is 10.2 Å². The molecule has 2 N–H and O–H groups in total. The van der Waals surface area contributed by atoms with Gasteiger partial charge in [0.2, 0.25) is 5.91 Å². The fourth-order valence-electron chi connectivity index (χ4n) is 7.56. The molecule has 0 radical (unpaired) electrons. The molecule has 0 unspecified atom stereocenters. The smallest absolute Gasteiger partial charge is 0.227 e. The van der Waals surface area contributed by atoms with Crippen molar-refractivity contribution < 1.29 is 19.7 Å². The Balaban J connectivity index is 1.75. The summed E-state index contributed by atoms with van der Waals surface area (Å²) in [5.74, 6) is 0.589. The molecule has 3 fully saturated rings. The van der Waals surface area contributed by atoms with Gasteiger partial charge in [-0.1, -0.05) is 13.0 Å². The highest BCUT2D eigenvalue weighted by Crippen LogP contribution is 2.67. The van der Waals surface area contributed by atoms with Crippen LogP contribution in [0.2, 0.25) is 0 Å². The number of aliphatic hydroxyl groups excluding tert-OH is 1. The third-order valence-electron chi connectivity index (χ3n) is 8.45. The van der Waals surface area contributed by atoms with E-state index in [2.05, 4.69) is 11.0 Å². The molecule has 158 valence electrons. The van der Waals surface area contributed by atoms with Gasteiger partial charge in [0, 0.05) is 30.5 Å². The Bertz CT molecular complexity index is 838. The van der Waals surface area contributed by atoms with Crippen molar-refractivity contribution in [1.29, 1.82) is 0 Å². The molecular formula is C23H32N2O4. The minimum Gasteiger partial charge on any atom is -0.503 e. The van der Waals surface area contributed by atoms with Crippen LogP contribution in [0.3, 0.4) is 0 Å². The van der Waals surface area contributed by atoms with E-state index in [1.54, 1.807) is 7.11 Å². The lowest BCUT2D eigenvalue weighted by Crippen LogP contribution is -2.65. The van der Waals surface area contributed by atoms with Crippen LogP contribution in [0.25, 0.3) is 0 Å². The number of aliphatic hydroxyl groups is 1. The van der Waals surface area contributed by atoms with Crippen LogP contribution in [0.15, 0.2) is 12.1 Å². The molecule has 1 amide bonds. The summed E-state index contributed by atoms with van der Waals surface area (Å²) in [6, 6.07) is 4.34. The van der Waals surface area contributed by atoms with Gasteiger partial charge in [0.25, 0.3) is 0 Å². The van der Waals surface area contributed by atoms with Crippen molar-refractivity contribution in [2.24, 2.45) is 5.41 Å². The summed E-state index contributed by atoms with van der Waals surface area (Å²) in [7, 11) is 1.55. The molecule has 1 aliphatic carbocycles. The highest BCUT2D eigenvalue weighted by Gasteiger charge is 2.69. The number of piperidine rings is 1. The number of carbonyl (C=O) groups is 1. The highest BCUT2D eigenvalue weighted by atomic mass is 16.5. The Labute approximate surface area is 172 Å². The second-order valence-electron chi connectivity index (χ2n) is 9.35. The molecule has 2 saturated heterocycles. The Kier molecular flexibility index (Phi) is 4.37. The average molecular weight is 401 g/mol. The molecule has 6 heteroatoms. The van der Waals surface area contributed by atoms with E-state index in [9.17, 15) is 15.0 Å². The van der Waals surface area contributed by atoms with Gasteiger partial charge in [-0.15, -0.1) is 0 Å². The summed E-state index contributed by atoms with van der Waals surface area (Å²) < 4.78 is 5.40. The van der Waals surface area contributed by atoms with Crippen LogP contribution in [0, 0.1) is 5.41 Å². The standard InChI is InChI=1S/C23H32N2O4/c1-3-18(27)25-17-7-9-22(11-14-26)8-4-12-24-13-10-23(17,21(22)24)15-5-6-16(29-2)20(28)19(15)25/h5-6,17,21,26,28H,3-4,7-14H2,1-2H3/t17-,21-,22-,23-/m1/s1. The van der Waals surface area contributed by atoms with Crippen LogP contribution in [0.4, 0.5) is 5.69 Å². The van der Waals surface area contributed by atoms with Gasteiger partial charge in [0.15, 0.2) is 11.5 Å². The first-order chi connectivity index (χ1) is 14.0. The van der Waals surface area contributed by atoms with E-state index in [0.717, 1.165) is 50.8 Å². The molecule has 3 heterocycles. The predicted molar refractivity (Wildman–Crippen MR) is 110 cm³/mol. The molecule has 4 atom stereocenters. The number of anilines is 1. The maximum atomic E-state index is 13.1. The van der Waals surface area contributed by atoms with Crippen molar-refractivity contribution in [3.63, 3.8) is 0 Å². The number of aromatic hydroxyl groups is 1. The fraction of sp³-hybridized carbons (Fsp3) is 0.696. The minimum absolute atomic E-state index is 0.0700. The van der Waals surface area contributed by atoms with E-state index >= 15 is 0 Å². The van der Waals surface area contributed by atoms with Crippen molar-refractivity contribution in [3.8, 4) is 11.5 Å². The van der Waals surface area contributed by atoms with E-state index in [0.29, 0.717) is 23.9 Å². The number of methoxy groups -OCH3 is 1. The van der Waals surface area contributed by atoms with Crippen LogP contribution < -0.4 is 9.64 Å². The van der Waals surface area contributed by atoms with E-state index in [1.807, 2.05) is 17.9 Å². The number of benzene rings is 1. The molecule has 0 aromatic heterocycles. The minimum atomic E-state index is -0.169. The van der Waals surface area contributed by atoms with E-state index in [1.165, 1.54) is 6.42 Å². The molecule has 1 saturated carbocycles. The first-order valence-electron chi connectivity index (χ1n) is 11.1. The molecule has 0 bridgehead atoms. The van der Waals surface area contributed by atoms with Crippen molar-refractivity contribution in [2.75, 3.05) is 31.7 Å². The Morgan fingerprint density at radius 2 is 2.10 bits per heavy atom. The van der Waals surface area contributed by atoms with Crippen molar-refractivity contribution in [2.45, 2.75) is 69.4 Å². The van der Waals surface area contributed by atoms with E-state index in [-0.39, 0.29) is 35.1 Å². The van der Waals surface area contributed by atoms with Gasteiger partial charge >= 0.3 is 0 Å². The Morgan fingerprint density at radius 3 is 2.83 bits per heavy atom. The third-order valence-corrected chi connectivity index (χ3v) is 8.45. The number of hydrogen-bond acceptors (Lipinski definition) is 5. The molecule has 1 aromatic rings. The monoisotopic (exact) mass is 400 g/mol. The second-order valence-corrected chi connectivity index (χ2v) is 9.35. The first-order valence-corrected chi connectivity index (χ1v) is 11.1. The summed E-state index contributed by atoms with van der Waals surface area (Å²) in [5.41, 5.74) is 1.71. The Hall–Kier alpha value is -1.79. The van der Waals surface area contributed by atoms with Crippen LogP contribution in [-0.4, -0.2) is 59.9 Å². The van der Waals surface area contributed by atoms with Gasteiger partial charge in [-0.05, 0) is 68.7 Å². The molecule has 29 heavy (non-hydrogen) atoms. The third kappa shape index (κ3) is 2.27. The van der Waals surface area contributed by atoms with Crippen LogP contribution >= 0.6 is 0 Å². The van der Waals surface area contributed by atoms with Crippen molar-refractivity contribution in [3.05, 3.63) is 17.7 Å². The zero-order valence-corrected chi connectivity index (χ0v) is 17.5. The number of phenols is 1. The normalized spacial score (nSPS) is 35.2. The molecule has 1 aromatic carbocycles. The summed E-state index contributed by atoms with van der Waals surface area (Å²) >= 11 is 0. The van der Waals surface area contributed by atoms with Gasteiger partial charge < -0.3 is 19.8 Å². The second kappa shape index (κ2) is 6.61. The van der Waals surface area contributed by atoms with Crippen LogP contribution in [0.5, 0.6) is 11.5 Å². The number of rotatable bonds is 4. The molecule has 6 nitrogen and oxygen atoms in total.